The Labute approximate surface area is 182 Å². The molecule has 1 aromatic heterocycles. The maximum absolute atomic E-state index is 13.1. The van der Waals surface area contributed by atoms with E-state index < -0.39 is 0 Å². The predicted molar refractivity (Wildman–Crippen MR) is 122 cm³/mol. The van der Waals surface area contributed by atoms with E-state index in [2.05, 4.69) is 4.90 Å². The Balaban J connectivity index is 1.44. The Morgan fingerprint density at radius 2 is 1.58 bits per heavy atom. The summed E-state index contributed by atoms with van der Waals surface area (Å²) in [5.74, 6) is 2.87. The summed E-state index contributed by atoms with van der Waals surface area (Å²) in [6.45, 7) is 4.44. The van der Waals surface area contributed by atoms with Crippen LogP contribution in [0.2, 0.25) is 0 Å². The van der Waals surface area contributed by atoms with Gasteiger partial charge in [0.15, 0.2) is 23.1 Å². The van der Waals surface area contributed by atoms with E-state index >= 15 is 0 Å². The Morgan fingerprint density at radius 3 is 2.29 bits per heavy atom. The first-order valence-electron chi connectivity index (χ1n) is 10.8. The highest BCUT2D eigenvalue weighted by atomic mass is 16.5. The van der Waals surface area contributed by atoms with Crippen LogP contribution in [0.3, 0.4) is 0 Å². The van der Waals surface area contributed by atoms with Crippen molar-refractivity contribution in [1.82, 2.24) is 9.97 Å². The highest BCUT2D eigenvalue weighted by Crippen LogP contribution is 2.31. The minimum atomic E-state index is 0.0443. The molecule has 0 fully saturated rings. The van der Waals surface area contributed by atoms with E-state index in [4.69, 9.17) is 19.4 Å². The van der Waals surface area contributed by atoms with Gasteiger partial charge in [-0.3, -0.25) is 9.69 Å². The summed E-state index contributed by atoms with van der Waals surface area (Å²) in [5.41, 5.74) is 1.63. The number of amides is 1. The molecule has 0 spiro atoms. The number of aromatic nitrogens is 2. The van der Waals surface area contributed by atoms with Crippen molar-refractivity contribution in [3.8, 4) is 11.5 Å². The van der Waals surface area contributed by atoms with E-state index in [1.54, 1.807) is 4.90 Å². The van der Waals surface area contributed by atoms with Crippen LogP contribution >= 0.6 is 0 Å². The Bertz CT molecular complexity index is 1060. The van der Waals surface area contributed by atoms with E-state index in [9.17, 15) is 4.79 Å². The number of rotatable bonds is 7. The molecule has 2 heterocycles. The van der Waals surface area contributed by atoms with Crippen LogP contribution in [-0.4, -0.2) is 49.2 Å². The maximum atomic E-state index is 13.1. The van der Waals surface area contributed by atoms with Crippen molar-refractivity contribution < 1.29 is 14.3 Å². The number of carbonyl (C=O) groups is 1. The van der Waals surface area contributed by atoms with Crippen molar-refractivity contribution >= 4 is 28.6 Å². The lowest BCUT2D eigenvalue weighted by Gasteiger charge is -2.23. The summed E-state index contributed by atoms with van der Waals surface area (Å²) in [7, 11) is 2.00. The minimum Gasteiger partial charge on any atom is -0.490 e. The number of carbonyl (C=O) groups excluding carboxylic acids is 1. The van der Waals surface area contributed by atoms with Crippen LogP contribution in [0.15, 0.2) is 48.5 Å². The van der Waals surface area contributed by atoms with Gasteiger partial charge in [-0.2, -0.15) is 0 Å². The highest BCUT2D eigenvalue weighted by Gasteiger charge is 2.26. The fraction of sp³-hybridized carbons (Fsp3) is 0.375. The molecule has 1 aliphatic rings. The first-order chi connectivity index (χ1) is 15.2. The maximum Gasteiger partial charge on any atom is 0.228 e. The molecule has 0 radical (unpaired) electrons. The molecule has 7 heteroatoms. The molecule has 0 aliphatic carbocycles. The molecule has 7 nitrogen and oxygen atoms in total. The van der Waals surface area contributed by atoms with Crippen molar-refractivity contribution in [2.24, 2.45) is 0 Å². The molecule has 0 unspecified atom stereocenters. The number of fused-ring (bicyclic) bond motifs is 2. The molecule has 0 atom stereocenters. The summed E-state index contributed by atoms with van der Waals surface area (Å²) in [6.07, 6.45) is 1.87. The second-order valence-electron chi connectivity index (χ2n) is 7.51. The zero-order valence-electron chi connectivity index (χ0n) is 18.1. The van der Waals surface area contributed by atoms with E-state index in [-0.39, 0.29) is 5.91 Å². The number of ether oxygens (including phenoxy) is 2. The van der Waals surface area contributed by atoms with Gasteiger partial charge in [0.2, 0.25) is 5.91 Å². The quantitative estimate of drug-likeness (QED) is 0.537. The normalized spacial score (nSPS) is 13.6. The van der Waals surface area contributed by atoms with E-state index in [1.165, 1.54) is 0 Å². The van der Waals surface area contributed by atoms with Gasteiger partial charge in [-0.1, -0.05) is 24.3 Å². The average molecular weight is 421 g/mol. The average Bonchev–Trinajstić information content (AvgIpc) is 2.95. The zero-order chi connectivity index (χ0) is 21.6. The summed E-state index contributed by atoms with van der Waals surface area (Å²) < 4.78 is 11.5. The van der Waals surface area contributed by atoms with E-state index in [0.29, 0.717) is 44.2 Å². The lowest BCUT2D eigenvalue weighted by Crippen LogP contribution is -2.32. The third-order valence-corrected chi connectivity index (χ3v) is 5.27. The number of para-hydroxylation sites is 4. The molecular weight excluding hydrogens is 392 g/mol. The Morgan fingerprint density at radius 1 is 0.935 bits per heavy atom. The molecule has 31 heavy (non-hydrogen) atoms. The summed E-state index contributed by atoms with van der Waals surface area (Å²) in [6, 6.07) is 15.4. The van der Waals surface area contributed by atoms with Crippen LogP contribution in [-0.2, 0) is 4.79 Å². The van der Waals surface area contributed by atoms with Crippen molar-refractivity contribution in [2.75, 3.05) is 43.2 Å². The van der Waals surface area contributed by atoms with Gasteiger partial charge < -0.3 is 14.4 Å². The largest absolute Gasteiger partial charge is 0.490 e. The first kappa shape index (κ1) is 20.9. The number of hydrogen-bond donors (Lipinski definition) is 0. The summed E-state index contributed by atoms with van der Waals surface area (Å²) in [4.78, 5) is 26.5. The first-order valence-corrected chi connectivity index (χ1v) is 10.8. The van der Waals surface area contributed by atoms with Gasteiger partial charge in [0.25, 0.3) is 0 Å². The number of anilines is 2. The molecular formula is C24H28N4O3. The summed E-state index contributed by atoms with van der Waals surface area (Å²) >= 11 is 0. The lowest BCUT2D eigenvalue weighted by atomic mass is 10.2. The standard InChI is InChI=1S/C24H28N4O3/c1-3-30-20-12-6-7-13-21(20)31-17-8-14-22(29)28-16-9-15-27(2)23-24(28)26-19-11-5-4-10-18(19)25-23/h4-7,10-13H,3,8-9,14-17H2,1-2H3. The lowest BCUT2D eigenvalue weighted by molar-refractivity contribution is -0.118. The van der Waals surface area contributed by atoms with Crippen LogP contribution in [0.25, 0.3) is 11.0 Å². The topological polar surface area (TPSA) is 67.8 Å². The van der Waals surface area contributed by atoms with Crippen LogP contribution in [0.4, 0.5) is 11.6 Å². The molecule has 1 aliphatic heterocycles. The van der Waals surface area contributed by atoms with Crippen LogP contribution in [0.5, 0.6) is 11.5 Å². The molecule has 1 amide bonds. The minimum absolute atomic E-state index is 0.0443. The zero-order valence-corrected chi connectivity index (χ0v) is 18.1. The molecule has 162 valence electrons. The van der Waals surface area contributed by atoms with Crippen molar-refractivity contribution in [3.05, 3.63) is 48.5 Å². The van der Waals surface area contributed by atoms with Gasteiger partial charge in [-0.05, 0) is 44.0 Å². The molecule has 0 N–H and O–H groups in total. The molecule has 4 rings (SSSR count). The SMILES string of the molecule is CCOc1ccccc1OCCCC(=O)N1CCCN(C)c2nc3ccccc3nc21. The van der Waals surface area contributed by atoms with Crippen LogP contribution in [0, 0.1) is 0 Å². The van der Waals surface area contributed by atoms with Gasteiger partial charge in [-0.25, -0.2) is 9.97 Å². The molecule has 3 aromatic rings. The predicted octanol–water partition coefficient (Wildman–Crippen LogP) is 4.06. The van der Waals surface area contributed by atoms with Gasteiger partial charge in [0, 0.05) is 26.6 Å². The highest BCUT2D eigenvalue weighted by molar-refractivity contribution is 5.96. The van der Waals surface area contributed by atoms with Crippen molar-refractivity contribution in [1.29, 1.82) is 0 Å². The fourth-order valence-electron chi connectivity index (χ4n) is 3.72. The van der Waals surface area contributed by atoms with E-state index in [0.717, 1.165) is 35.6 Å². The Kier molecular flexibility index (Phi) is 6.50. The number of hydrogen-bond acceptors (Lipinski definition) is 6. The Hall–Kier alpha value is -3.35. The third kappa shape index (κ3) is 4.71. The number of nitrogens with zero attached hydrogens (tertiary/aromatic N) is 4. The van der Waals surface area contributed by atoms with Gasteiger partial charge in [0.05, 0.1) is 24.2 Å². The van der Waals surface area contributed by atoms with Gasteiger partial charge >= 0.3 is 0 Å². The second kappa shape index (κ2) is 9.64. The number of benzene rings is 2. The monoisotopic (exact) mass is 420 g/mol. The van der Waals surface area contributed by atoms with E-state index in [1.807, 2.05) is 62.5 Å². The second-order valence-corrected chi connectivity index (χ2v) is 7.51. The van der Waals surface area contributed by atoms with Crippen molar-refractivity contribution in [3.63, 3.8) is 0 Å². The third-order valence-electron chi connectivity index (χ3n) is 5.27. The molecule has 0 bridgehead atoms. The van der Waals surface area contributed by atoms with Crippen LogP contribution < -0.4 is 19.3 Å². The van der Waals surface area contributed by atoms with Crippen LogP contribution in [0.1, 0.15) is 26.2 Å². The van der Waals surface area contributed by atoms with Crippen molar-refractivity contribution in [2.45, 2.75) is 26.2 Å². The smallest absolute Gasteiger partial charge is 0.228 e. The van der Waals surface area contributed by atoms with Gasteiger partial charge in [0.1, 0.15) is 0 Å². The summed E-state index contributed by atoms with van der Waals surface area (Å²) in [5, 5.41) is 0. The molecule has 0 saturated heterocycles. The fourth-order valence-corrected chi connectivity index (χ4v) is 3.72. The molecule has 0 saturated carbocycles. The molecule has 2 aromatic carbocycles. The van der Waals surface area contributed by atoms with Gasteiger partial charge in [-0.15, -0.1) is 0 Å².